The third kappa shape index (κ3) is 4.97. The molecule has 0 aliphatic rings. The van der Waals surface area contributed by atoms with Crippen molar-refractivity contribution in [2.24, 2.45) is 0 Å². The molecule has 0 fully saturated rings. The van der Waals surface area contributed by atoms with Gasteiger partial charge in [-0.1, -0.05) is 49.4 Å². The Morgan fingerprint density at radius 2 is 1.77 bits per heavy atom. The number of anilines is 1. The van der Waals surface area contributed by atoms with Crippen LogP contribution in [0.15, 0.2) is 54.2 Å². The lowest BCUT2D eigenvalue weighted by Gasteiger charge is -2.12. The number of para-hydroxylation sites is 1. The second-order valence-electron chi connectivity index (χ2n) is 6.22. The fraction of sp³-hybridized carbons (Fsp3) is 0.273. The summed E-state index contributed by atoms with van der Waals surface area (Å²) in [6, 6.07) is 16.1. The van der Waals surface area contributed by atoms with Gasteiger partial charge < -0.3 is 10.6 Å². The van der Waals surface area contributed by atoms with Gasteiger partial charge in [-0.3, -0.25) is 4.79 Å². The number of aryl methyl sites for hydroxylation is 3. The number of nitriles is 1. The molecule has 0 unspecified atom stereocenters. The van der Waals surface area contributed by atoms with Gasteiger partial charge in [0.05, 0.1) is 0 Å². The molecule has 2 rings (SSSR count). The maximum atomic E-state index is 12.4. The number of benzene rings is 2. The number of carbonyl (C=O) groups excluding carboxylic acids is 1. The van der Waals surface area contributed by atoms with Gasteiger partial charge in [-0.2, -0.15) is 5.26 Å². The van der Waals surface area contributed by atoms with E-state index in [9.17, 15) is 10.1 Å². The summed E-state index contributed by atoms with van der Waals surface area (Å²) in [5.41, 5.74) is 5.40. The first-order valence-corrected chi connectivity index (χ1v) is 8.84. The van der Waals surface area contributed by atoms with E-state index in [-0.39, 0.29) is 11.5 Å². The molecule has 4 heteroatoms. The molecule has 0 bridgehead atoms. The zero-order valence-electron chi connectivity index (χ0n) is 15.6. The summed E-state index contributed by atoms with van der Waals surface area (Å²) >= 11 is 0. The summed E-state index contributed by atoms with van der Waals surface area (Å²) in [5, 5.41) is 15.3. The normalized spacial score (nSPS) is 10.9. The fourth-order valence-electron chi connectivity index (χ4n) is 2.80. The van der Waals surface area contributed by atoms with Crippen LogP contribution in [0.5, 0.6) is 0 Å². The van der Waals surface area contributed by atoms with Crippen LogP contribution in [-0.2, 0) is 17.6 Å². The standard InChI is InChI=1S/C22H25N3O/c1-4-18-11-7-9-17(3)21(18)25-22(26)20(14-23)15-24-13-12-19-10-6-5-8-16(19)2/h5-11,15,24H,4,12-13H2,1-3H3,(H,25,26)/b20-15-. The van der Waals surface area contributed by atoms with Crippen molar-refractivity contribution in [3.63, 3.8) is 0 Å². The van der Waals surface area contributed by atoms with Gasteiger partial charge in [-0.05, 0) is 48.9 Å². The molecule has 0 radical (unpaired) electrons. The van der Waals surface area contributed by atoms with Crippen LogP contribution in [0.4, 0.5) is 5.69 Å². The van der Waals surface area contributed by atoms with Crippen LogP contribution >= 0.6 is 0 Å². The second-order valence-corrected chi connectivity index (χ2v) is 6.22. The minimum absolute atomic E-state index is 0.0695. The lowest BCUT2D eigenvalue weighted by Crippen LogP contribution is -2.19. The maximum absolute atomic E-state index is 12.4. The molecule has 4 nitrogen and oxygen atoms in total. The number of hydrogen-bond donors (Lipinski definition) is 2. The lowest BCUT2D eigenvalue weighted by molar-refractivity contribution is -0.112. The van der Waals surface area contributed by atoms with Crippen molar-refractivity contribution in [3.05, 3.63) is 76.5 Å². The Morgan fingerprint density at radius 3 is 2.46 bits per heavy atom. The van der Waals surface area contributed by atoms with E-state index in [4.69, 9.17) is 0 Å². The molecule has 2 aromatic rings. The van der Waals surface area contributed by atoms with Gasteiger partial charge in [0.25, 0.3) is 5.91 Å². The van der Waals surface area contributed by atoms with Crippen molar-refractivity contribution < 1.29 is 4.79 Å². The number of nitrogens with zero attached hydrogens (tertiary/aromatic N) is 1. The Kier molecular flexibility index (Phi) is 6.99. The van der Waals surface area contributed by atoms with Gasteiger partial charge in [-0.25, -0.2) is 0 Å². The summed E-state index contributed by atoms with van der Waals surface area (Å²) in [7, 11) is 0. The number of nitrogens with one attached hydrogen (secondary N) is 2. The highest BCUT2D eigenvalue weighted by molar-refractivity contribution is 6.07. The topological polar surface area (TPSA) is 64.9 Å². The molecule has 26 heavy (non-hydrogen) atoms. The van der Waals surface area contributed by atoms with Gasteiger partial charge >= 0.3 is 0 Å². The predicted molar refractivity (Wildman–Crippen MR) is 106 cm³/mol. The van der Waals surface area contributed by atoms with E-state index in [1.54, 1.807) is 0 Å². The van der Waals surface area contributed by atoms with E-state index in [1.165, 1.54) is 17.3 Å². The zero-order valence-corrected chi connectivity index (χ0v) is 15.6. The van der Waals surface area contributed by atoms with E-state index in [0.717, 1.165) is 29.7 Å². The SMILES string of the molecule is CCc1cccc(C)c1NC(=O)/C(C#N)=C\NCCc1ccccc1C. The number of carbonyl (C=O) groups is 1. The summed E-state index contributed by atoms with van der Waals surface area (Å²) in [6.45, 7) is 6.73. The van der Waals surface area contributed by atoms with Crippen LogP contribution in [-0.4, -0.2) is 12.5 Å². The third-order valence-corrected chi connectivity index (χ3v) is 4.39. The van der Waals surface area contributed by atoms with Gasteiger partial charge in [0, 0.05) is 18.4 Å². The van der Waals surface area contributed by atoms with Crippen molar-refractivity contribution >= 4 is 11.6 Å². The minimum atomic E-state index is -0.389. The molecule has 0 aliphatic heterocycles. The van der Waals surface area contributed by atoms with Crippen molar-refractivity contribution in [3.8, 4) is 6.07 Å². The van der Waals surface area contributed by atoms with Crippen molar-refractivity contribution in [1.29, 1.82) is 5.26 Å². The van der Waals surface area contributed by atoms with E-state index in [0.29, 0.717) is 6.54 Å². The highest BCUT2D eigenvalue weighted by Gasteiger charge is 2.12. The monoisotopic (exact) mass is 347 g/mol. The van der Waals surface area contributed by atoms with Crippen LogP contribution in [0.25, 0.3) is 0 Å². The van der Waals surface area contributed by atoms with Crippen LogP contribution in [0.2, 0.25) is 0 Å². The number of amides is 1. The van der Waals surface area contributed by atoms with E-state index >= 15 is 0 Å². The molecule has 134 valence electrons. The van der Waals surface area contributed by atoms with Gasteiger partial charge in [0.2, 0.25) is 0 Å². The Hall–Kier alpha value is -3.06. The Morgan fingerprint density at radius 1 is 1.08 bits per heavy atom. The van der Waals surface area contributed by atoms with Crippen LogP contribution in [0, 0.1) is 25.2 Å². The predicted octanol–water partition coefficient (Wildman–Crippen LogP) is 4.04. The summed E-state index contributed by atoms with van der Waals surface area (Å²) in [6.07, 6.45) is 3.15. The molecule has 2 N–H and O–H groups in total. The first kappa shape index (κ1) is 19.3. The molecule has 0 aromatic heterocycles. The highest BCUT2D eigenvalue weighted by atomic mass is 16.1. The molecule has 1 amide bonds. The fourth-order valence-corrected chi connectivity index (χ4v) is 2.80. The number of hydrogen-bond acceptors (Lipinski definition) is 3. The van der Waals surface area contributed by atoms with Crippen LogP contribution in [0.1, 0.15) is 29.2 Å². The summed E-state index contributed by atoms with van der Waals surface area (Å²) in [4.78, 5) is 12.4. The largest absolute Gasteiger partial charge is 0.389 e. The number of rotatable bonds is 7. The highest BCUT2D eigenvalue weighted by Crippen LogP contribution is 2.21. The average Bonchev–Trinajstić information content (AvgIpc) is 2.64. The summed E-state index contributed by atoms with van der Waals surface area (Å²) < 4.78 is 0. The van der Waals surface area contributed by atoms with Crippen LogP contribution in [0.3, 0.4) is 0 Å². The van der Waals surface area contributed by atoms with Crippen LogP contribution < -0.4 is 10.6 Å². The molecule has 0 heterocycles. The Balaban J connectivity index is 1.99. The third-order valence-electron chi connectivity index (χ3n) is 4.39. The molecule has 0 atom stereocenters. The smallest absolute Gasteiger partial charge is 0.267 e. The van der Waals surface area contributed by atoms with Gasteiger partial charge in [0.1, 0.15) is 11.6 Å². The molecule has 0 spiro atoms. The van der Waals surface area contributed by atoms with Crippen molar-refractivity contribution in [1.82, 2.24) is 5.32 Å². The van der Waals surface area contributed by atoms with E-state index in [2.05, 4.69) is 29.7 Å². The molecule has 2 aromatic carbocycles. The second kappa shape index (κ2) is 9.43. The van der Waals surface area contributed by atoms with E-state index in [1.807, 2.05) is 50.2 Å². The molecule has 0 aliphatic carbocycles. The summed E-state index contributed by atoms with van der Waals surface area (Å²) in [5.74, 6) is -0.389. The quantitative estimate of drug-likeness (QED) is 0.451. The maximum Gasteiger partial charge on any atom is 0.267 e. The molecular formula is C22H25N3O. The lowest BCUT2D eigenvalue weighted by atomic mass is 10.1. The van der Waals surface area contributed by atoms with E-state index < -0.39 is 0 Å². The van der Waals surface area contributed by atoms with Crippen molar-refractivity contribution in [2.45, 2.75) is 33.6 Å². The molecular weight excluding hydrogens is 322 g/mol. The average molecular weight is 347 g/mol. The first-order chi connectivity index (χ1) is 12.6. The van der Waals surface area contributed by atoms with Crippen molar-refractivity contribution in [2.75, 3.05) is 11.9 Å². The minimum Gasteiger partial charge on any atom is -0.389 e. The molecule has 0 saturated carbocycles. The Labute approximate surface area is 155 Å². The van der Waals surface area contributed by atoms with Gasteiger partial charge in [-0.15, -0.1) is 0 Å². The Bertz CT molecular complexity index is 847. The first-order valence-electron chi connectivity index (χ1n) is 8.84. The zero-order chi connectivity index (χ0) is 18.9. The molecule has 0 saturated heterocycles. The van der Waals surface area contributed by atoms with Gasteiger partial charge in [0.15, 0.2) is 0 Å².